The summed E-state index contributed by atoms with van der Waals surface area (Å²) in [5.41, 5.74) is -8.08. The van der Waals surface area contributed by atoms with Crippen molar-refractivity contribution < 1.29 is 59.4 Å². The summed E-state index contributed by atoms with van der Waals surface area (Å²) in [5.74, 6) is -12.4. The molecule has 0 aliphatic carbocycles. The fourth-order valence-corrected chi connectivity index (χ4v) is 2.46. The topological polar surface area (TPSA) is 239 Å². The summed E-state index contributed by atoms with van der Waals surface area (Å²) >= 11 is 0. The van der Waals surface area contributed by atoms with Gasteiger partial charge in [-0.15, -0.1) is 0 Å². The normalized spacial score (nSPS) is 21.5. The van der Waals surface area contributed by atoms with Crippen LogP contribution < -0.4 is 5.32 Å². The quantitative estimate of drug-likeness (QED) is 0.242. The zero-order chi connectivity index (χ0) is 19.0. The van der Waals surface area contributed by atoms with Crippen molar-refractivity contribution >= 4 is 35.9 Å². The number of carboxylic acid groups (broad SMARTS) is 6. The maximum atomic E-state index is 11.5. The number of piperazine rings is 1. The third kappa shape index (κ3) is 2.08. The Hall–Kier alpha value is -3.42. The fourth-order valence-electron chi connectivity index (χ4n) is 2.46. The third-order valence-corrected chi connectivity index (χ3v) is 3.49. The van der Waals surface area contributed by atoms with Crippen molar-refractivity contribution in [2.24, 2.45) is 0 Å². The Morgan fingerprint density at radius 3 is 1.46 bits per heavy atom. The second-order valence-electron chi connectivity index (χ2n) is 4.61. The number of hydrogen-bond acceptors (Lipinski definition) is 7. The maximum Gasteiger partial charge on any atom is 0.408 e. The SMILES string of the molecule is O=C(O)[C@H]1CN(C(=O)O)C(C(=O)O)(C(=O)O)C(C(=O)O)(C(=O)O)N1. The van der Waals surface area contributed by atoms with Gasteiger partial charge in [0.2, 0.25) is 0 Å². The molecular weight excluding hydrogens is 340 g/mol. The number of nitrogens with zero attached hydrogens (tertiary/aromatic N) is 1. The van der Waals surface area contributed by atoms with E-state index in [1.165, 1.54) is 5.32 Å². The van der Waals surface area contributed by atoms with Crippen molar-refractivity contribution in [3.8, 4) is 0 Å². The lowest BCUT2D eigenvalue weighted by molar-refractivity contribution is -0.195. The van der Waals surface area contributed by atoms with E-state index in [1.807, 2.05) is 0 Å². The number of amides is 1. The highest BCUT2D eigenvalue weighted by molar-refractivity contribution is 6.21. The van der Waals surface area contributed by atoms with E-state index < -0.39 is 64.5 Å². The Morgan fingerprint density at radius 1 is 0.792 bits per heavy atom. The number of carbonyl (C=O) groups is 6. The average Bonchev–Trinajstić information content (AvgIpc) is 2.43. The highest BCUT2D eigenvalue weighted by atomic mass is 16.4. The number of aliphatic carboxylic acids is 5. The minimum absolute atomic E-state index is 0.546. The lowest BCUT2D eigenvalue weighted by atomic mass is 9.72. The van der Waals surface area contributed by atoms with E-state index in [1.54, 1.807) is 0 Å². The van der Waals surface area contributed by atoms with Gasteiger partial charge in [-0.1, -0.05) is 0 Å². The van der Waals surface area contributed by atoms with E-state index in [4.69, 9.17) is 10.2 Å². The zero-order valence-electron chi connectivity index (χ0n) is 11.4. The lowest BCUT2D eigenvalue weighted by Gasteiger charge is -2.49. The molecule has 0 spiro atoms. The van der Waals surface area contributed by atoms with Crippen molar-refractivity contribution in [2.75, 3.05) is 6.54 Å². The fraction of sp³-hybridized carbons (Fsp3) is 0.400. The molecule has 0 aromatic carbocycles. The Balaban J connectivity index is 3.98. The van der Waals surface area contributed by atoms with Crippen LogP contribution in [0.3, 0.4) is 0 Å². The first-order chi connectivity index (χ1) is 10.9. The summed E-state index contributed by atoms with van der Waals surface area (Å²) in [7, 11) is 0. The van der Waals surface area contributed by atoms with Crippen LogP contribution in [-0.2, 0) is 24.0 Å². The zero-order valence-corrected chi connectivity index (χ0v) is 11.4. The summed E-state index contributed by atoms with van der Waals surface area (Å²) in [6.07, 6.45) is -2.33. The first kappa shape index (κ1) is 18.6. The standard InChI is InChI=1S/C10H10N2O12/c13-3(14)2-1-12(8(23)24)10(6(19)20,7(21)22)9(11-2,4(15)16)5(17)18/h2,11H,1H2,(H,13,14)(H,15,16)(H,17,18)(H,19,20)(H,21,22)(H,23,24)/t2-/m1/s1. The minimum Gasteiger partial charge on any atom is -0.480 e. The van der Waals surface area contributed by atoms with Crippen LogP contribution in [0.15, 0.2) is 0 Å². The molecule has 24 heavy (non-hydrogen) atoms. The molecule has 1 aliphatic rings. The van der Waals surface area contributed by atoms with Gasteiger partial charge in [-0.2, -0.15) is 0 Å². The summed E-state index contributed by atoms with van der Waals surface area (Å²) in [5, 5.41) is 56.3. The molecule has 14 heteroatoms. The predicted octanol–water partition coefficient (Wildman–Crippen LogP) is -3.16. The first-order valence-electron chi connectivity index (χ1n) is 5.82. The van der Waals surface area contributed by atoms with Crippen LogP contribution in [0.25, 0.3) is 0 Å². The molecular formula is C10H10N2O12. The van der Waals surface area contributed by atoms with E-state index in [0.29, 0.717) is 0 Å². The van der Waals surface area contributed by atoms with Gasteiger partial charge < -0.3 is 30.6 Å². The molecule has 0 saturated carbocycles. The predicted molar refractivity (Wildman–Crippen MR) is 65.3 cm³/mol. The van der Waals surface area contributed by atoms with Gasteiger partial charge >= 0.3 is 35.9 Å². The van der Waals surface area contributed by atoms with E-state index in [9.17, 15) is 49.2 Å². The van der Waals surface area contributed by atoms with Crippen molar-refractivity contribution in [2.45, 2.75) is 17.1 Å². The van der Waals surface area contributed by atoms with E-state index in [0.717, 1.165) is 0 Å². The number of hydrogen-bond donors (Lipinski definition) is 7. The Morgan fingerprint density at radius 2 is 1.21 bits per heavy atom. The Bertz CT molecular complexity index is 626. The summed E-state index contributed by atoms with van der Waals surface area (Å²) < 4.78 is 0. The molecule has 0 aromatic heterocycles. The summed E-state index contributed by atoms with van der Waals surface area (Å²) in [6, 6.07) is -2.19. The van der Waals surface area contributed by atoms with Gasteiger partial charge in [0.15, 0.2) is 0 Å². The molecule has 0 aromatic rings. The van der Waals surface area contributed by atoms with Crippen molar-refractivity contribution in [3.05, 3.63) is 0 Å². The molecule has 0 radical (unpaired) electrons. The van der Waals surface area contributed by atoms with Gasteiger partial charge in [0.1, 0.15) is 6.04 Å². The highest BCUT2D eigenvalue weighted by Gasteiger charge is 2.79. The van der Waals surface area contributed by atoms with Crippen LogP contribution in [0, 0.1) is 0 Å². The molecule has 0 unspecified atom stereocenters. The molecule has 1 atom stereocenters. The minimum atomic E-state index is -4.07. The molecule has 1 saturated heterocycles. The molecule has 1 aliphatic heterocycles. The van der Waals surface area contributed by atoms with Crippen LogP contribution in [0.5, 0.6) is 0 Å². The average molecular weight is 350 g/mol. The highest BCUT2D eigenvalue weighted by Crippen LogP contribution is 2.36. The lowest BCUT2D eigenvalue weighted by Crippen LogP contribution is -2.88. The van der Waals surface area contributed by atoms with Crippen molar-refractivity contribution in [1.82, 2.24) is 10.2 Å². The van der Waals surface area contributed by atoms with E-state index in [-0.39, 0.29) is 0 Å². The maximum absolute atomic E-state index is 11.5. The Kier molecular flexibility index (Phi) is 4.39. The molecule has 1 amide bonds. The number of carboxylic acids is 5. The van der Waals surface area contributed by atoms with E-state index >= 15 is 0 Å². The summed E-state index contributed by atoms with van der Waals surface area (Å²) in [6.45, 7) is -1.33. The van der Waals surface area contributed by atoms with Crippen LogP contribution in [0.2, 0.25) is 0 Å². The van der Waals surface area contributed by atoms with Crippen LogP contribution >= 0.6 is 0 Å². The van der Waals surface area contributed by atoms with Crippen LogP contribution in [0.1, 0.15) is 0 Å². The van der Waals surface area contributed by atoms with Gasteiger partial charge in [-0.05, 0) is 0 Å². The number of nitrogens with one attached hydrogen (secondary N) is 1. The van der Waals surface area contributed by atoms with Gasteiger partial charge in [-0.3, -0.25) is 15.0 Å². The van der Waals surface area contributed by atoms with Gasteiger partial charge in [0.25, 0.3) is 11.1 Å². The molecule has 0 bridgehead atoms. The summed E-state index contributed by atoms with van der Waals surface area (Å²) in [4.78, 5) is 67.8. The molecule has 1 fully saturated rings. The van der Waals surface area contributed by atoms with Crippen molar-refractivity contribution in [3.63, 3.8) is 0 Å². The smallest absolute Gasteiger partial charge is 0.408 e. The molecule has 132 valence electrons. The first-order valence-corrected chi connectivity index (χ1v) is 5.82. The van der Waals surface area contributed by atoms with Gasteiger partial charge in [0, 0.05) is 0 Å². The molecule has 14 nitrogen and oxygen atoms in total. The van der Waals surface area contributed by atoms with Crippen LogP contribution in [-0.4, -0.2) is 95.1 Å². The monoisotopic (exact) mass is 350 g/mol. The molecule has 1 rings (SSSR count). The second kappa shape index (κ2) is 5.65. The molecule has 7 N–H and O–H groups in total. The van der Waals surface area contributed by atoms with Crippen LogP contribution in [0.4, 0.5) is 4.79 Å². The Labute approximate surface area is 130 Å². The third-order valence-electron chi connectivity index (χ3n) is 3.49. The second-order valence-corrected chi connectivity index (χ2v) is 4.61. The largest absolute Gasteiger partial charge is 0.480 e. The van der Waals surface area contributed by atoms with Gasteiger partial charge in [0.05, 0.1) is 6.54 Å². The molecule has 1 heterocycles. The number of rotatable bonds is 5. The van der Waals surface area contributed by atoms with E-state index in [2.05, 4.69) is 0 Å². The van der Waals surface area contributed by atoms with Gasteiger partial charge in [-0.25, -0.2) is 24.0 Å². The van der Waals surface area contributed by atoms with Crippen molar-refractivity contribution in [1.29, 1.82) is 0 Å².